The van der Waals surface area contributed by atoms with E-state index in [0.717, 1.165) is 0 Å². The zero-order valence-electron chi connectivity index (χ0n) is 20.7. The quantitative estimate of drug-likeness (QED) is 0.363. The Balaban J connectivity index is 1.88. The summed E-state index contributed by atoms with van der Waals surface area (Å²) in [6.45, 7) is 1.46. The van der Waals surface area contributed by atoms with Crippen LogP contribution in [0.1, 0.15) is 32.0 Å². The fourth-order valence-electron chi connectivity index (χ4n) is 3.66. The number of ether oxygens (including phenoxy) is 3. The van der Waals surface area contributed by atoms with E-state index in [1.54, 1.807) is 43.3 Å². The minimum absolute atomic E-state index is 0.00252. The average Bonchev–Trinajstić information content (AvgIpc) is 2.93. The lowest BCUT2D eigenvalue weighted by Gasteiger charge is -2.11. The van der Waals surface area contributed by atoms with E-state index in [4.69, 9.17) is 18.6 Å². The number of nitrogens with one attached hydrogen (secondary N) is 1. The Bertz CT molecular complexity index is 1540. The lowest BCUT2D eigenvalue weighted by atomic mass is 10.1. The number of aliphatic hydroxyl groups excluding tert-OH is 1. The van der Waals surface area contributed by atoms with Crippen LogP contribution < -0.4 is 20.3 Å². The molecule has 37 heavy (non-hydrogen) atoms. The molecule has 0 unspecified atom stereocenters. The van der Waals surface area contributed by atoms with Gasteiger partial charge in [0.05, 0.1) is 39.2 Å². The van der Waals surface area contributed by atoms with Crippen LogP contribution in [0.2, 0.25) is 0 Å². The van der Waals surface area contributed by atoms with Gasteiger partial charge in [-0.3, -0.25) is 9.78 Å². The Labute approximate surface area is 212 Å². The van der Waals surface area contributed by atoms with E-state index in [1.165, 1.54) is 39.7 Å². The van der Waals surface area contributed by atoms with Gasteiger partial charge in [0, 0.05) is 28.9 Å². The first-order chi connectivity index (χ1) is 17.9. The SMILES string of the molecule is COC(=O)c1ccc(NC(=O)c2cc3c(CO)cnc(C)c3oc2=Nc2cc(OC)ccc2OC)cc1. The van der Waals surface area contributed by atoms with Crippen molar-refractivity contribution in [3.8, 4) is 11.5 Å². The van der Waals surface area contributed by atoms with Crippen LogP contribution in [-0.4, -0.2) is 43.3 Å². The zero-order chi connectivity index (χ0) is 26.5. The third-order valence-corrected chi connectivity index (χ3v) is 5.64. The molecule has 4 rings (SSSR count). The molecule has 0 aliphatic carbocycles. The van der Waals surface area contributed by atoms with Crippen LogP contribution in [0.4, 0.5) is 11.4 Å². The number of amides is 1. The average molecular weight is 504 g/mol. The van der Waals surface area contributed by atoms with Crippen molar-refractivity contribution in [1.29, 1.82) is 0 Å². The Hall–Kier alpha value is -4.70. The summed E-state index contributed by atoms with van der Waals surface area (Å²) in [5.41, 5.74) is 2.71. The van der Waals surface area contributed by atoms with E-state index < -0.39 is 11.9 Å². The highest BCUT2D eigenvalue weighted by molar-refractivity contribution is 6.06. The van der Waals surface area contributed by atoms with Gasteiger partial charge in [0.25, 0.3) is 5.91 Å². The molecule has 0 bridgehead atoms. The first-order valence-electron chi connectivity index (χ1n) is 11.2. The minimum atomic E-state index is -0.518. The number of aromatic nitrogens is 1. The molecule has 190 valence electrons. The van der Waals surface area contributed by atoms with Gasteiger partial charge >= 0.3 is 5.97 Å². The number of methoxy groups -OCH3 is 3. The molecule has 2 heterocycles. The maximum Gasteiger partial charge on any atom is 0.337 e. The predicted octanol–water partition coefficient (Wildman–Crippen LogP) is 3.92. The van der Waals surface area contributed by atoms with Crippen molar-refractivity contribution >= 4 is 34.2 Å². The number of hydrogen-bond acceptors (Lipinski definition) is 9. The maximum atomic E-state index is 13.4. The summed E-state index contributed by atoms with van der Waals surface area (Å²) in [7, 11) is 4.33. The Morgan fingerprint density at radius 1 is 1.05 bits per heavy atom. The molecule has 0 fully saturated rings. The second kappa shape index (κ2) is 10.9. The molecule has 2 N–H and O–H groups in total. The van der Waals surface area contributed by atoms with Crippen LogP contribution in [-0.2, 0) is 11.3 Å². The normalized spacial score (nSPS) is 11.3. The molecule has 1 amide bonds. The van der Waals surface area contributed by atoms with Crippen molar-refractivity contribution in [3.63, 3.8) is 0 Å². The molecule has 0 saturated carbocycles. The van der Waals surface area contributed by atoms with Crippen LogP contribution >= 0.6 is 0 Å². The van der Waals surface area contributed by atoms with Crippen LogP contribution in [0.3, 0.4) is 0 Å². The molecular formula is C27H25N3O7. The number of fused-ring (bicyclic) bond motifs is 1. The van der Waals surface area contributed by atoms with Gasteiger partial charge in [-0.05, 0) is 49.4 Å². The third kappa shape index (κ3) is 5.29. The van der Waals surface area contributed by atoms with Crippen molar-refractivity contribution in [2.45, 2.75) is 13.5 Å². The monoisotopic (exact) mass is 503 g/mol. The number of pyridine rings is 1. The summed E-state index contributed by atoms with van der Waals surface area (Å²) >= 11 is 0. The van der Waals surface area contributed by atoms with E-state index in [1.807, 2.05) is 0 Å². The number of carbonyl (C=O) groups is 2. The summed E-state index contributed by atoms with van der Waals surface area (Å²) < 4.78 is 21.6. The van der Waals surface area contributed by atoms with Crippen LogP contribution in [0.5, 0.6) is 11.5 Å². The van der Waals surface area contributed by atoms with Gasteiger partial charge in [0.15, 0.2) is 5.58 Å². The summed E-state index contributed by atoms with van der Waals surface area (Å²) in [5.74, 6) is -0.0206. The summed E-state index contributed by atoms with van der Waals surface area (Å²) in [6.07, 6.45) is 1.53. The number of rotatable bonds is 7. The second-order valence-corrected chi connectivity index (χ2v) is 7.91. The van der Waals surface area contributed by atoms with Crippen molar-refractivity contribution in [3.05, 3.63) is 82.7 Å². The van der Waals surface area contributed by atoms with Gasteiger partial charge in [-0.2, -0.15) is 0 Å². The Kier molecular flexibility index (Phi) is 7.49. The molecular weight excluding hydrogens is 478 g/mol. The number of anilines is 1. The smallest absolute Gasteiger partial charge is 0.337 e. The van der Waals surface area contributed by atoms with Crippen molar-refractivity contribution in [2.75, 3.05) is 26.6 Å². The molecule has 0 atom stereocenters. The number of nitrogens with zero attached hydrogens (tertiary/aromatic N) is 2. The molecule has 4 aromatic rings. The van der Waals surface area contributed by atoms with Gasteiger partial charge in [-0.15, -0.1) is 0 Å². The van der Waals surface area contributed by atoms with E-state index in [9.17, 15) is 14.7 Å². The lowest BCUT2D eigenvalue weighted by molar-refractivity contribution is 0.0600. The Morgan fingerprint density at radius 3 is 2.46 bits per heavy atom. The number of esters is 1. The molecule has 0 radical (unpaired) electrons. The largest absolute Gasteiger partial charge is 0.497 e. The van der Waals surface area contributed by atoms with E-state index in [2.05, 4.69) is 15.3 Å². The number of aryl methyl sites for hydroxylation is 1. The van der Waals surface area contributed by atoms with Gasteiger partial charge in [0.1, 0.15) is 22.7 Å². The van der Waals surface area contributed by atoms with Gasteiger partial charge < -0.3 is 29.1 Å². The first-order valence-corrected chi connectivity index (χ1v) is 11.2. The molecule has 0 aliphatic rings. The van der Waals surface area contributed by atoms with Crippen molar-refractivity contribution in [1.82, 2.24) is 4.98 Å². The maximum absolute atomic E-state index is 13.4. The molecule has 10 nitrogen and oxygen atoms in total. The van der Waals surface area contributed by atoms with Gasteiger partial charge in [-0.25, -0.2) is 9.79 Å². The second-order valence-electron chi connectivity index (χ2n) is 7.91. The Morgan fingerprint density at radius 2 is 1.81 bits per heavy atom. The zero-order valence-corrected chi connectivity index (χ0v) is 20.7. The van der Waals surface area contributed by atoms with Gasteiger partial charge in [0.2, 0.25) is 5.55 Å². The lowest BCUT2D eigenvalue weighted by Crippen LogP contribution is -2.22. The molecule has 10 heteroatoms. The van der Waals surface area contributed by atoms with E-state index in [0.29, 0.717) is 50.7 Å². The molecule has 2 aromatic carbocycles. The van der Waals surface area contributed by atoms with Crippen LogP contribution in [0.25, 0.3) is 11.0 Å². The highest BCUT2D eigenvalue weighted by Gasteiger charge is 2.18. The number of aliphatic hydroxyl groups is 1. The van der Waals surface area contributed by atoms with E-state index >= 15 is 0 Å². The predicted molar refractivity (Wildman–Crippen MR) is 135 cm³/mol. The van der Waals surface area contributed by atoms with E-state index in [-0.39, 0.29) is 17.7 Å². The highest BCUT2D eigenvalue weighted by Crippen LogP contribution is 2.31. The summed E-state index contributed by atoms with van der Waals surface area (Å²) in [4.78, 5) is 34.0. The number of carbonyl (C=O) groups excluding carboxylic acids is 2. The fraction of sp³-hybridized carbons (Fsp3) is 0.185. The minimum Gasteiger partial charge on any atom is -0.497 e. The highest BCUT2D eigenvalue weighted by atomic mass is 16.5. The van der Waals surface area contributed by atoms with Gasteiger partial charge in [-0.1, -0.05) is 0 Å². The summed E-state index contributed by atoms with van der Waals surface area (Å²) in [6, 6.07) is 12.9. The third-order valence-electron chi connectivity index (χ3n) is 5.64. The first kappa shape index (κ1) is 25.4. The fourth-order valence-corrected chi connectivity index (χ4v) is 3.66. The van der Waals surface area contributed by atoms with Crippen LogP contribution in [0.15, 0.2) is 64.1 Å². The topological polar surface area (TPSA) is 132 Å². The number of hydrogen-bond donors (Lipinski definition) is 2. The van der Waals surface area contributed by atoms with Crippen LogP contribution in [0, 0.1) is 6.92 Å². The number of benzene rings is 2. The summed E-state index contributed by atoms with van der Waals surface area (Å²) in [5, 5.41) is 13.2. The van der Waals surface area contributed by atoms with Crippen molar-refractivity contribution < 1.29 is 33.3 Å². The molecule has 0 aliphatic heterocycles. The molecule has 0 spiro atoms. The van der Waals surface area contributed by atoms with Crippen molar-refractivity contribution in [2.24, 2.45) is 4.99 Å². The standard InChI is InChI=1S/C27H25N3O7/c1-15-24-20(17(14-31)13-28-15)12-21(25(32)29-18-7-5-16(6-8-18)27(33)36-4)26(37-24)30-22-11-19(34-2)9-10-23(22)35-3/h5-13,31H,14H2,1-4H3,(H,29,32). The molecule has 2 aromatic heterocycles. The molecule has 0 saturated heterocycles.